The maximum absolute atomic E-state index is 9.45. The van der Waals surface area contributed by atoms with E-state index in [2.05, 4.69) is 21.0 Å². The maximum atomic E-state index is 9.45. The molecule has 0 unspecified atom stereocenters. The van der Waals surface area contributed by atoms with Gasteiger partial charge in [0.1, 0.15) is 0 Å². The standard InChI is InChI=1S/C3H8N4O/c1-4-3(5-2)6-7-8/h1-2H3,(H2,4,5,6,8). The lowest BCUT2D eigenvalue weighted by atomic mass is 10.9. The van der Waals surface area contributed by atoms with Crippen molar-refractivity contribution in [3.8, 4) is 0 Å². The highest BCUT2D eigenvalue weighted by Crippen LogP contribution is 1.60. The lowest BCUT2D eigenvalue weighted by Crippen LogP contribution is -2.30. The van der Waals surface area contributed by atoms with Gasteiger partial charge < -0.3 is 5.32 Å². The first-order valence-corrected chi connectivity index (χ1v) is 2.08. The zero-order valence-electron chi connectivity index (χ0n) is 4.80. The van der Waals surface area contributed by atoms with Gasteiger partial charge in [-0.05, 0) is 0 Å². The van der Waals surface area contributed by atoms with E-state index in [1.165, 1.54) is 0 Å². The summed E-state index contributed by atoms with van der Waals surface area (Å²) in [5, 5.41) is 4.98. The van der Waals surface area contributed by atoms with Gasteiger partial charge in [0, 0.05) is 14.1 Å². The van der Waals surface area contributed by atoms with Crippen molar-refractivity contribution in [3.63, 3.8) is 0 Å². The number of guanidine groups is 1. The van der Waals surface area contributed by atoms with Crippen LogP contribution in [0.25, 0.3) is 0 Å². The quantitative estimate of drug-likeness (QED) is 0.209. The van der Waals surface area contributed by atoms with Gasteiger partial charge in [0.15, 0.2) is 0 Å². The molecule has 0 spiro atoms. The van der Waals surface area contributed by atoms with Gasteiger partial charge in [-0.25, -0.2) is 5.43 Å². The van der Waals surface area contributed by atoms with Gasteiger partial charge in [-0.1, -0.05) is 0 Å². The molecule has 0 saturated carbocycles. The predicted molar refractivity (Wildman–Crippen MR) is 31.3 cm³/mol. The predicted octanol–water partition coefficient (Wildman–Crippen LogP) is -0.537. The molecular formula is C3H8N4O. The van der Waals surface area contributed by atoms with Gasteiger partial charge in [0.05, 0.1) is 5.29 Å². The van der Waals surface area contributed by atoms with Crippen molar-refractivity contribution >= 4 is 5.96 Å². The Kier molecular flexibility index (Phi) is 3.47. The summed E-state index contributed by atoms with van der Waals surface area (Å²) in [5.74, 6) is 0.361. The van der Waals surface area contributed by atoms with E-state index < -0.39 is 0 Å². The van der Waals surface area contributed by atoms with Crippen molar-refractivity contribution in [2.45, 2.75) is 0 Å². The Bertz CT molecular complexity index is 99.5. The molecule has 0 rings (SSSR count). The molecule has 0 bridgehead atoms. The molecule has 0 aromatic rings. The largest absolute Gasteiger partial charge is 0.358 e. The summed E-state index contributed by atoms with van der Waals surface area (Å²) < 4.78 is 0. The van der Waals surface area contributed by atoms with Crippen LogP contribution in [0.3, 0.4) is 0 Å². The van der Waals surface area contributed by atoms with Crippen LogP contribution in [0.2, 0.25) is 0 Å². The average Bonchev–Trinajstić information content (AvgIpc) is 1.83. The van der Waals surface area contributed by atoms with Crippen molar-refractivity contribution in [1.29, 1.82) is 0 Å². The van der Waals surface area contributed by atoms with Gasteiger partial charge in [-0.15, -0.1) is 4.91 Å². The SMILES string of the molecule is CN=C(NC)NN=O. The zero-order chi connectivity index (χ0) is 6.41. The monoisotopic (exact) mass is 116 g/mol. The van der Waals surface area contributed by atoms with Crippen LogP contribution in [0.1, 0.15) is 0 Å². The summed E-state index contributed by atoms with van der Waals surface area (Å²) >= 11 is 0. The van der Waals surface area contributed by atoms with E-state index in [0.717, 1.165) is 0 Å². The van der Waals surface area contributed by atoms with E-state index in [-0.39, 0.29) is 0 Å². The number of nitrogens with one attached hydrogen (secondary N) is 2. The molecule has 0 aromatic heterocycles. The topological polar surface area (TPSA) is 65.8 Å². The van der Waals surface area contributed by atoms with Crippen LogP contribution in [-0.4, -0.2) is 20.1 Å². The fourth-order valence-electron chi connectivity index (χ4n) is 0.261. The Morgan fingerprint density at radius 2 is 2.25 bits per heavy atom. The smallest absolute Gasteiger partial charge is 0.214 e. The first-order valence-electron chi connectivity index (χ1n) is 2.08. The molecule has 0 aromatic carbocycles. The second-order valence-electron chi connectivity index (χ2n) is 1.03. The highest BCUT2D eigenvalue weighted by atomic mass is 16.3. The molecule has 0 fully saturated rings. The molecule has 2 N–H and O–H groups in total. The number of hydrogen-bond donors (Lipinski definition) is 2. The molecule has 0 amide bonds. The van der Waals surface area contributed by atoms with Crippen molar-refractivity contribution in [1.82, 2.24) is 10.7 Å². The van der Waals surface area contributed by atoms with Gasteiger partial charge in [-0.3, -0.25) is 4.99 Å². The lowest BCUT2D eigenvalue weighted by Gasteiger charge is -1.96. The molecule has 0 saturated heterocycles. The van der Waals surface area contributed by atoms with Crippen molar-refractivity contribution in [3.05, 3.63) is 4.91 Å². The molecule has 46 valence electrons. The Hall–Kier alpha value is -1.13. The molecule has 0 atom stereocenters. The maximum Gasteiger partial charge on any atom is 0.214 e. The summed E-state index contributed by atoms with van der Waals surface area (Å²) in [5.41, 5.74) is 2.09. The van der Waals surface area contributed by atoms with E-state index in [4.69, 9.17) is 0 Å². The van der Waals surface area contributed by atoms with Crippen LogP contribution in [0.4, 0.5) is 0 Å². The second-order valence-corrected chi connectivity index (χ2v) is 1.03. The Balaban J connectivity index is 3.53. The van der Waals surface area contributed by atoms with E-state index in [1.54, 1.807) is 14.1 Å². The van der Waals surface area contributed by atoms with Crippen molar-refractivity contribution in [2.75, 3.05) is 14.1 Å². The third-order valence-corrected chi connectivity index (χ3v) is 0.612. The molecule has 0 aliphatic heterocycles. The summed E-state index contributed by atoms with van der Waals surface area (Å²) in [6.45, 7) is 0. The third-order valence-electron chi connectivity index (χ3n) is 0.612. The van der Waals surface area contributed by atoms with Crippen LogP contribution < -0.4 is 10.7 Å². The minimum Gasteiger partial charge on any atom is -0.358 e. The Morgan fingerprint density at radius 3 is 2.38 bits per heavy atom. The van der Waals surface area contributed by atoms with Crippen LogP contribution in [0, 0.1) is 4.91 Å². The highest BCUT2D eigenvalue weighted by molar-refractivity contribution is 5.78. The van der Waals surface area contributed by atoms with E-state index >= 15 is 0 Å². The Morgan fingerprint density at radius 1 is 1.62 bits per heavy atom. The minimum absolute atomic E-state index is 0.361. The molecule has 8 heavy (non-hydrogen) atoms. The molecule has 5 nitrogen and oxygen atoms in total. The third kappa shape index (κ3) is 2.12. The fraction of sp³-hybridized carbons (Fsp3) is 0.667. The molecule has 0 aliphatic rings. The molecule has 0 radical (unpaired) electrons. The van der Waals surface area contributed by atoms with Crippen LogP contribution in [0.5, 0.6) is 0 Å². The normalized spacial score (nSPS) is 10.5. The van der Waals surface area contributed by atoms with E-state index in [1.807, 2.05) is 0 Å². The summed E-state index contributed by atoms with van der Waals surface area (Å²) in [6.07, 6.45) is 0. The lowest BCUT2D eigenvalue weighted by molar-refractivity contribution is 0.929. The zero-order valence-corrected chi connectivity index (χ0v) is 4.80. The van der Waals surface area contributed by atoms with Gasteiger partial charge in [-0.2, -0.15) is 0 Å². The van der Waals surface area contributed by atoms with Gasteiger partial charge in [0.2, 0.25) is 5.96 Å². The van der Waals surface area contributed by atoms with E-state index in [0.29, 0.717) is 5.96 Å². The second kappa shape index (κ2) is 4.04. The van der Waals surface area contributed by atoms with Gasteiger partial charge in [0.25, 0.3) is 0 Å². The number of nitrogens with zero attached hydrogens (tertiary/aromatic N) is 2. The number of nitroso groups, excluding NO2 is 1. The summed E-state index contributed by atoms with van der Waals surface area (Å²) in [7, 11) is 3.19. The summed E-state index contributed by atoms with van der Waals surface area (Å²) in [6, 6.07) is 0. The molecular weight excluding hydrogens is 108 g/mol. The van der Waals surface area contributed by atoms with Gasteiger partial charge >= 0.3 is 0 Å². The number of aliphatic imine (C=N–C) groups is 1. The fourth-order valence-corrected chi connectivity index (χ4v) is 0.261. The minimum atomic E-state index is 0.361. The average molecular weight is 116 g/mol. The first kappa shape index (κ1) is 6.87. The molecule has 5 heteroatoms. The van der Waals surface area contributed by atoms with Crippen LogP contribution >= 0.6 is 0 Å². The number of rotatable bonds is 1. The van der Waals surface area contributed by atoms with Crippen molar-refractivity contribution in [2.24, 2.45) is 10.3 Å². The molecule has 0 aliphatic carbocycles. The number of hydrogen-bond acceptors (Lipinski definition) is 3. The molecule has 0 heterocycles. The van der Waals surface area contributed by atoms with Crippen molar-refractivity contribution < 1.29 is 0 Å². The van der Waals surface area contributed by atoms with Crippen LogP contribution in [0.15, 0.2) is 10.3 Å². The first-order chi connectivity index (χ1) is 3.85. The highest BCUT2D eigenvalue weighted by Gasteiger charge is 1.85. The van der Waals surface area contributed by atoms with Crippen LogP contribution in [-0.2, 0) is 0 Å². The summed E-state index contributed by atoms with van der Waals surface area (Å²) in [4.78, 5) is 13.0. The Labute approximate surface area is 47.1 Å². The van der Waals surface area contributed by atoms with E-state index in [9.17, 15) is 4.91 Å².